The minimum absolute atomic E-state index is 1.00. The van der Waals surface area contributed by atoms with Crippen LogP contribution in [0.5, 0.6) is 0 Å². The molecule has 0 N–H and O–H groups in total. The van der Waals surface area contributed by atoms with E-state index in [2.05, 4.69) is 83.1 Å². The summed E-state index contributed by atoms with van der Waals surface area (Å²) in [5.74, 6) is 0. The van der Waals surface area contributed by atoms with Crippen molar-refractivity contribution in [2.75, 3.05) is 0 Å². The second-order valence-electron chi connectivity index (χ2n) is 9.66. The summed E-state index contributed by atoms with van der Waals surface area (Å²) in [6, 6.07) is 0. The van der Waals surface area contributed by atoms with Crippen LogP contribution in [0.3, 0.4) is 0 Å². The van der Waals surface area contributed by atoms with Crippen molar-refractivity contribution in [2.45, 2.75) is 116 Å². The van der Waals surface area contributed by atoms with Gasteiger partial charge in [-0.2, -0.15) is 0 Å². The van der Waals surface area contributed by atoms with E-state index in [-0.39, 0.29) is 0 Å². The molecule has 0 nitrogen and oxygen atoms in total. The fourth-order valence-electron chi connectivity index (χ4n) is 7.23. The molecule has 2 radical (unpaired) electrons. The van der Waals surface area contributed by atoms with E-state index >= 15 is 0 Å². The molecule has 4 heteroatoms. The van der Waals surface area contributed by atoms with Crippen molar-refractivity contribution in [2.24, 2.45) is 0 Å². The van der Waals surface area contributed by atoms with Crippen molar-refractivity contribution in [1.29, 1.82) is 0 Å². The van der Waals surface area contributed by atoms with Gasteiger partial charge in [0, 0.05) is 29.9 Å². The van der Waals surface area contributed by atoms with Crippen LogP contribution in [0.4, 0.5) is 0 Å². The first-order valence-electron chi connectivity index (χ1n) is 9.66. The summed E-state index contributed by atoms with van der Waals surface area (Å²) in [5.41, 5.74) is 6.00. The van der Waals surface area contributed by atoms with Crippen LogP contribution in [0, 0.1) is 0 Å². The third kappa shape index (κ3) is 2.22. The molecule has 1 heterocycles. The Balaban J connectivity index is 3.76. The van der Waals surface area contributed by atoms with E-state index in [1.165, 1.54) is 8.55 Å². The van der Waals surface area contributed by atoms with Gasteiger partial charge in [0.1, 0.15) is 0 Å². The fourth-order valence-corrected chi connectivity index (χ4v) is 126. The molecule has 0 aromatic heterocycles. The normalized spacial score (nSPS) is 23.2. The zero-order valence-electron chi connectivity index (χ0n) is 17.5. The van der Waals surface area contributed by atoms with Crippen molar-refractivity contribution in [3.63, 3.8) is 0 Å². The Bertz CT molecular complexity index is 331. The summed E-state index contributed by atoms with van der Waals surface area (Å²) >= 11 is 0. The third-order valence-electron chi connectivity index (χ3n) is 7.25. The van der Waals surface area contributed by atoms with Gasteiger partial charge in [0.15, 0.2) is 0 Å². The molecule has 0 aromatic carbocycles. The van der Waals surface area contributed by atoms with Gasteiger partial charge >= 0.3 is 0 Å². The Morgan fingerprint density at radius 2 is 0.636 bits per heavy atom. The molecule has 0 bridgehead atoms. The average molecular weight is 371 g/mol. The van der Waals surface area contributed by atoms with E-state index in [1.807, 2.05) is 0 Å². The Labute approximate surface area is 146 Å². The number of hydrogen-bond acceptors (Lipinski definition) is 0. The van der Waals surface area contributed by atoms with Crippen LogP contribution in [-0.2, 0) is 0 Å². The summed E-state index contributed by atoms with van der Waals surface area (Å²) in [6.45, 7) is 31.5. The monoisotopic (exact) mass is 370 g/mol. The maximum atomic E-state index is 2.65. The molecule has 0 amide bonds. The van der Waals surface area contributed by atoms with Crippen LogP contribution < -0.4 is 0 Å². The Kier molecular flexibility index (Phi) is 6.31. The molecule has 0 spiro atoms. The molecule has 1 aliphatic rings. The molecule has 22 heavy (non-hydrogen) atoms. The van der Waals surface area contributed by atoms with E-state index in [0.717, 1.165) is 33.2 Å². The Hall–Kier alpha value is 0.868. The van der Waals surface area contributed by atoms with Crippen LogP contribution >= 0.6 is 0 Å². The summed E-state index contributed by atoms with van der Waals surface area (Å²) < 4.78 is 0. The van der Waals surface area contributed by atoms with Crippen molar-refractivity contribution in [3.05, 3.63) is 0 Å². The standard InChI is InChI=1S/C18H42Si4/c1-13(2)20(14(3)4)19-21(15(5)6,16(7)8)22(20,17(9)10)18(11)12/h13-18H,1-12H3. The second kappa shape index (κ2) is 6.64. The minimum atomic E-state index is -1.22. The second-order valence-corrected chi connectivity index (χ2v) is 44.4. The molecular weight excluding hydrogens is 329 g/mol. The highest BCUT2D eigenvalue weighted by molar-refractivity contribution is 8.07. The summed E-state index contributed by atoms with van der Waals surface area (Å²) in [5, 5.41) is 0. The van der Waals surface area contributed by atoms with Gasteiger partial charge in [-0.1, -0.05) is 116 Å². The summed E-state index contributed by atoms with van der Waals surface area (Å²) in [6.07, 6.45) is 0. The maximum Gasteiger partial charge on any atom is 0.0425 e. The van der Waals surface area contributed by atoms with Gasteiger partial charge in [0.05, 0.1) is 0 Å². The lowest BCUT2D eigenvalue weighted by molar-refractivity contribution is 0.862. The highest BCUT2D eigenvalue weighted by Crippen LogP contribution is 2.65. The van der Waals surface area contributed by atoms with Crippen molar-refractivity contribution in [1.82, 2.24) is 0 Å². The molecule has 0 atom stereocenters. The zero-order valence-corrected chi connectivity index (χ0v) is 21.5. The smallest absolute Gasteiger partial charge is 0.0425 e. The SMILES string of the molecule is CC(C)[Si]1(C(C)C)[Si][Si](C(C)C)(C(C)C)[Si]1(C(C)C)C(C)C. The van der Waals surface area contributed by atoms with Crippen LogP contribution in [0.15, 0.2) is 0 Å². The van der Waals surface area contributed by atoms with Crippen LogP contribution in [0.25, 0.3) is 0 Å². The summed E-state index contributed by atoms with van der Waals surface area (Å²) in [4.78, 5) is 0. The van der Waals surface area contributed by atoms with E-state index < -0.39 is 21.3 Å². The van der Waals surface area contributed by atoms with Crippen molar-refractivity contribution in [3.8, 4) is 0 Å². The lowest BCUT2D eigenvalue weighted by Gasteiger charge is -2.78. The number of hydrogen-bond donors (Lipinski definition) is 0. The molecule has 0 aromatic rings. The van der Waals surface area contributed by atoms with Crippen molar-refractivity contribution >= 4 is 29.9 Å². The lowest BCUT2D eigenvalue weighted by Crippen LogP contribution is -3.00. The Morgan fingerprint density at radius 3 is 0.773 bits per heavy atom. The predicted octanol–water partition coefficient (Wildman–Crippen LogP) is 6.66. The van der Waals surface area contributed by atoms with Gasteiger partial charge in [0.25, 0.3) is 0 Å². The highest BCUT2D eigenvalue weighted by Gasteiger charge is 2.80. The van der Waals surface area contributed by atoms with Gasteiger partial charge in [-0.25, -0.2) is 0 Å². The zero-order chi connectivity index (χ0) is 17.7. The van der Waals surface area contributed by atoms with E-state index in [4.69, 9.17) is 0 Å². The first-order chi connectivity index (χ1) is 9.87. The predicted molar refractivity (Wildman–Crippen MR) is 114 cm³/mol. The summed E-state index contributed by atoms with van der Waals surface area (Å²) in [7, 11) is -2.05. The lowest BCUT2D eigenvalue weighted by atomic mass is 10.5. The van der Waals surface area contributed by atoms with Gasteiger partial charge in [0.2, 0.25) is 0 Å². The molecule has 1 saturated heterocycles. The largest absolute Gasteiger partial charge is 0.0656 e. The molecule has 1 aliphatic heterocycles. The average Bonchev–Trinajstić information content (AvgIpc) is 2.24. The molecule has 0 saturated carbocycles. The van der Waals surface area contributed by atoms with E-state index in [1.54, 1.807) is 0 Å². The fraction of sp³-hybridized carbons (Fsp3) is 1.00. The number of rotatable bonds is 6. The Morgan fingerprint density at radius 1 is 0.409 bits per heavy atom. The molecule has 130 valence electrons. The third-order valence-corrected chi connectivity index (χ3v) is 86.8. The van der Waals surface area contributed by atoms with Crippen LogP contribution in [0.2, 0.25) is 33.2 Å². The molecule has 0 aliphatic carbocycles. The quantitative estimate of drug-likeness (QED) is 0.458. The van der Waals surface area contributed by atoms with Crippen LogP contribution in [-0.4, -0.2) is 29.9 Å². The highest BCUT2D eigenvalue weighted by atomic mass is 30.2. The minimum Gasteiger partial charge on any atom is -0.0656 e. The molecule has 1 fully saturated rings. The van der Waals surface area contributed by atoms with Crippen LogP contribution in [0.1, 0.15) is 83.1 Å². The van der Waals surface area contributed by atoms with Gasteiger partial charge in [-0.05, 0) is 0 Å². The van der Waals surface area contributed by atoms with E-state index in [9.17, 15) is 0 Å². The van der Waals surface area contributed by atoms with Gasteiger partial charge < -0.3 is 0 Å². The molecular formula is C18H42Si4. The van der Waals surface area contributed by atoms with Gasteiger partial charge in [-0.15, -0.1) is 0 Å². The van der Waals surface area contributed by atoms with E-state index in [0.29, 0.717) is 0 Å². The van der Waals surface area contributed by atoms with Gasteiger partial charge in [-0.3, -0.25) is 0 Å². The topological polar surface area (TPSA) is 0 Å². The molecule has 0 unspecified atom stereocenters. The maximum absolute atomic E-state index is 2.65. The van der Waals surface area contributed by atoms with Crippen molar-refractivity contribution < 1.29 is 0 Å². The first kappa shape index (κ1) is 20.9. The molecule has 1 rings (SSSR count). The first-order valence-corrected chi connectivity index (χ1v) is 21.1.